The molecule has 202 valence electrons. The summed E-state index contributed by atoms with van der Waals surface area (Å²) >= 11 is 0. The molecule has 1 aliphatic rings. The van der Waals surface area contributed by atoms with E-state index in [4.69, 9.17) is 5.73 Å². The topological polar surface area (TPSA) is 76.2 Å². The minimum Gasteiger partial charge on any atom is -0.326 e. The summed E-state index contributed by atoms with van der Waals surface area (Å²) in [5, 5.41) is 6.16. The van der Waals surface area contributed by atoms with E-state index >= 15 is 4.39 Å². The average Bonchev–Trinajstić information content (AvgIpc) is 3.60. The molecule has 1 aromatic heterocycles. The van der Waals surface area contributed by atoms with Crippen molar-refractivity contribution < 1.29 is 22.4 Å². The van der Waals surface area contributed by atoms with Gasteiger partial charge in [-0.25, -0.2) is 9.07 Å². The second-order valence-electron chi connectivity index (χ2n) is 9.45. The van der Waals surface area contributed by atoms with Gasteiger partial charge in [0.1, 0.15) is 11.5 Å². The fourth-order valence-corrected chi connectivity index (χ4v) is 4.86. The van der Waals surface area contributed by atoms with Gasteiger partial charge < -0.3 is 11.1 Å². The molecular weight excluding hydrogens is 510 g/mol. The van der Waals surface area contributed by atoms with Gasteiger partial charge in [-0.05, 0) is 66.9 Å². The van der Waals surface area contributed by atoms with Crippen molar-refractivity contribution in [2.75, 3.05) is 18.4 Å². The summed E-state index contributed by atoms with van der Waals surface area (Å²) in [6.07, 6.45) is -2.48. The van der Waals surface area contributed by atoms with E-state index in [0.29, 0.717) is 23.7 Å². The van der Waals surface area contributed by atoms with Crippen LogP contribution in [0.3, 0.4) is 0 Å². The lowest BCUT2D eigenvalue weighted by Gasteiger charge is -2.18. The predicted molar refractivity (Wildman–Crippen MR) is 141 cm³/mol. The van der Waals surface area contributed by atoms with E-state index in [0.717, 1.165) is 41.7 Å². The van der Waals surface area contributed by atoms with Crippen LogP contribution >= 0.6 is 0 Å². The van der Waals surface area contributed by atoms with Crippen molar-refractivity contribution in [2.24, 2.45) is 5.73 Å². The molecule has 39 heavy (non-hydrogen) atoms. The van der Waals surface area contributed by atoms with Gasteiger partial charge in [0.15, 0.2) is 5.69 Å². The van der Waals surface area contributed by atoms with Crippen LogP contribution in [0.5, 0.6) is 0 Å². The number of nitrogens with zero attached hydrogens (tertiary/aromatic N) is 3. The first-order valence-electron chi connectivity index (χ1n) is 12.6. The van der Waals surface area contributed by atoms with Crippen LogP contribution in [0, 0.1) is 5.82 Å². The Morgan fingerprint density at radius 2 is 1.62 bits per heavy atom. The van der Waals surface area contributed by atoms with Gasteiger partial charge in [-0.3, -0.25) is 9.69 Å². The van der Waals surface area contributed by atoms with Crippen molar-refractivity contribution >= 4 is 11.6 Å². The highest BCUT2D eigenvalue weighted by atomic mass is 19.4. The van der Waals surface area contributed by atoms with Gasteiger partial charge in [0, 0.05) is 30.4 Å². The normalized spacial score (nSPS) is 14.1. The van der Waals surface area contributed by atoms with Crippen molar-refractivity contribution in [2.45, 2.75) is 32.1 Å². The molecule has 5 rings (SSSR count). The van der Waals surface area contributed by atoms with E-state index < -0.39 is 23.6 Å². The fourth-order valence-electron chi connectivity index (χ4n) is 4.86. The minimum absolute atomic E-state index is 0.0321. The number of likely N-dealkylation sites (tertiary alicyclic amines) is 1. The first-order valence-corrected chi connectivity index (χ1v) is 12.6. The van der Waals surface area contributed by atoms with Crippen LogP contribution < -0.4 is 11.1 Å². The van der Waals surface area contributed by atoms with Crippen LogP contribution in [0.2, 0.25) is 0 Å². The highest BCUT2D eigenvalue weighted by Crippen LogP contribution is 2.32. The Morgan fingerprint density at radius 3 is 2.31 bits per heavy atom. The van der Waals surface area contributed by atoms with Gasteiger partial charge in [-0.2, -0.15) is 18.3 Å². The molecule has 6 nitrogen and oxygen atoms in total. The van der Waals surface area contributed by atoms with Crippen molar-refractivity contribution in [3.05, 3.63) is 101 Å². The molecule has 0 spiro atoms. The molecule has 0 bridgehead atoms. The summed E-state index contributed by atoms with van der Waals surface area (Å²) in [5.74, 6) is -1.42. The van der Waals surface area contributed by atoms with E-state index in [2.05, 4.69) is 15.3 Å². The van der Waals surface area contributed by atoms with Crippen LogP contribution in [0.1, 0.15) is 40.2 Å². The molecule has 0 atom stereocenters. The van der Waals surface area contributed by atoms with Crippen LogP contribution in [-0.2, 0) is 19.3 Å². The summed E-state index contributed by atoms with van der Waals surface area (Å²) in [7, 11) is 0. The number of carbonyl (C=O) groups is 1. The molecule has 2 heterocycles. The molecule has 3 aromatic carbocycles. The maximum atomic E-state index is 15.3. The lowest BCUT2D eigenvalue weighted by molar-refractivity contribution is -0.141. The molecular formula is C29H27F4N5O. The number of carbonyl (C=O) groups excluding carboxylic acids is 1. The number of nitrogens with two attached hydrogens (primary N) is 1. The van der Waals surface area contributed by atoms with Crippen LogP contribution in [0.4, 0.5) is 23.2 Å². The van der Waals surface area contributed by atoms with Gasteiger partial charge in [0.05, 0.1) is 5.69 Å². The Kier molecular flexibility index (Phi) is 7.49. The quantitative estimate of drug-likeness (QED) is 0.284. The smallest absolute Gasteiger partial charge is 0.326 e. The number of rotatable bonds is 7. The number of benzene rings is 3. The Bertz CT molecular complexity index is 1490. The van der Waals surface area contributed by atoms with Gasteiger partial charge in [-0.1, -0.05) is 42.5 Å². The molecule has 0 aliphatic carbocycles. The predicted octanol–water partition coefficient (Wildman–Crippen LogP) is 6.00. The summed E-state index contributed by atoms with van der Waals surface area (Å²) in [6.45, 7) is 2.75. The third-order valence-electron chi connectivity index (χ3n) is 6.80. The van der Waals surface area contributed by atoms with Crippen molar-refractivity contribution in [1.82, 2.24) is 14.7 Å². The first kappa shape index (κ1) is 26.6. The Hall–Kier alpha value is -4.02. The third kappa shape index (κ3) is 5.71. The summed E-state index contributed by atoms with van der Waals surface area (Å²) in [5.41, 5.74) is 7.16. The zero-order valence-corrected chi connectivity index (χ0v) is 21.0. The monoisotopic (exact) mass is 537 g/mol. The molecule has 4 aromatic rings. The molecule has 1 saturated heterocycles. The maximum absolute atomic E-state index is 15.3. The van der Waals surface area contributed by atoms with Crippen LogP contribution in [0.15, 0.2) is 72.8 Å². The number of para-hydroxylation sites is 1. The molecule has 10 heteroatoms. The molecule has 0 saturated carbocycles. The molecule has 1 amide bonds. The summed E-state index contributed by atoms with van der Waals surface area (Å²) in [6, 6.07) is 19.0. The average molecular weight is 538 g/mol. The number of hydrogen-bond acceptors (Lipinski definition) is 4. The van der Waals surface area contributed by atoms with Crippen molar-refractivity contribution in [1.29, 1.82) is 0 Å². The molecule has 0 unspecified atom stereocenters. The van der Waals surface area contributed by atoms with Gasteiger partial charge >= 0.3 is 6.18 Å². The standard InChI is InChI=1S/C29H27F4N5O/c30-24-15-21(11-12-23(24)22-9-3-1-8-20(22)18-37-13-5-6-14-37)35-28(39)26-16-27(29(31,32)33)36-38(26)25-10-4-2-7-19(25)17-34/h1-4,7-12,15-16H,5-6,13-14,17-18,34H2,(H,35,39). The van der Waals surface area contributed by atoms with E-state index in [-0.39, 0.29) is 23.6 Å². The number of hydrogen-bond donors (Lipinski definition) is 2. The Balaban J connectivity index is 1.44. The number of amides is 1. The first-order chi connectivity index (χ1) is 18.7. The number of halogens is 4. The number of aromatic nitrogens is 2. The highest BCUT2D eigenvalue weighted by molar-refractivity contribution is 6.03. The molecule has 3 N–H and O–H groups in total. The van der Waals surface area contributed by atoms with Crippen LogP contribution in [0.25, 0.3) is 16.8 Å². The van der Waals surface area contributed by atoms with E-state index in [1.165, 1.54) is 18.2 Å². The zero-order valence-electron chi connectivity index (χ0n) is 21.0. The van der Waals surface area contributed by atoms with Gasteiger partial charge in [0.2, 0.25) is 0 Å². The van der Waals surface area contributed by atoms with Crippen LogP contribution in [-0.4, -0.2) is 33.7 Å². The van der Waals surface area contributed by atoms with Crippen molar-refractivity contribution in [3.8, 4) is 16.8 Å². The largest absolute Gasteiger partial charge is 0.435 e. The van der Waals surface area contributed by atoms with E-state index in [9.17, 15) is 18.0 Å². The number of alkyl halides is 3. The Morgan fingerprint density at radius 1 is 0.923 bits per heavy atom. The van der Waals surface area contributed by atoms with E-state index in [1.54, 1.807) is 24.3 Å². The molecule has 0 radical (unpaired) electrons. The summed E-state index contributed by atoms with van der Waals surface area (Å²) in [4.78, 5) is 15.5. The Labute approximate surface area is 223 Å². The maximum Gasteiger partial charge on any atom is 0.435 e. The second-order valence-corrected chi connectivity index (χ2v) is 9.45. The lowest BCUT2D eigenvalue weighted by Crippen LogP contribution is -2.19. The number of anilines is 1. The third-order valence-corrected chi connectivity index (χ3v) is 6.80. The fraction of sp³-hybridized carbons (Fsp3) is 0.241. The number of nitrogens with one attached hydrogen (secondary N) is 1. The minimum atomic E-state index is -4.77. The molecule has 1 aliphatic heterocycles. The van der Waals surface area contributed by atoms with Gasteiger partial charge in [-0.15, -0.1) is 0 Å². The second kappa shape index (κ2) is 11.0. The van der Waals surface area contributed by atoms with E-state index in [1.807, 2.05) is 24.3 Å². The highest BCUT2D eigenvalue weighted by Gasteiger charge is 2.36. The molecule has 1 fully saturated rings. The lowest BCUT2D eigenvalue weighted by atomic mass is 9.98. The zero-order chi connectivity index (χ0) is 27.6. The van der Waals surface area contributed by atoms with Crippen molar-refractivity contribution in [3.63, 3.8) is 0 Å². The SMILES string of the molecule is NCc1ccccc1-n1nc(C(F)(F)F)cc1C(=O)Nc1ccc(-c2ccccc2CN2CCCC2)c(F)c1. The van der Waals surface area contributed by atoms with Gasteiger partial charge in [0.25, 0.3) is 5.91 Å². The summed E-state index contributed by atoms with van der Waals surface area (Å²) < 4.78 is 56.8.